The van der Waals surface area contributed by atoms with Crippen molar-refractivity contribution in [3.05, 3.63) is 53.8 Å². The van der Waals surface area contributed by atoms with Gasteiger partial charge in [-0.2, -0.15) is 0 Å². The molecule has 2 aromatic heterocycles. The molecule has 1 aromatic carbocycles. The zero-order valence-corrected chi connectivity index (χ0v) is 14.6. The highest BCUT2D eigenvalue weighted by Gasteiger charge is 2.21. The molecular formula is C18H16N4O3S. The number of aromatic nitrogens is 3. The third-order valence-electron chi connectivity index (χ3n) is 3.74. The Labute approximate surface area is 154 Å². The van der Waals surface area contributed by atoms with Crippen molar-refractivity contribution in [3.63, 3.8) is 0 Å². The van der Waals surface area contributed by atoms with Crippen LogP contribution < -0.4 is 14.8 Å². The van der Waals surface area contributed by atoms with Gasteiger partial charge in [0.25, 0.3) is 0 Å². The molecule has 1 atom stereocenters. The second kappa shape index (κ2) is 7.49. The molecule has 0 radical (unpaired) electrons. The lowest BCUT2D eigenvalue weighted by Gasteiger charge is -2.26. The van der Waals surface area contributed by atoms with E-state index in [-0.39, 0.29) is 18.4 Å². The van der Waals surface area contributed by atoms with Gasteiger partial charge in [0, 0.05) is 17.8 Å². The molecule has 26 heavy (non-hydrogen) atoms. The Morgan fingerprint density at radius 1 is 1.19 bits per heavy atom. The fourth-order valence-electron chi connectivity index (χ4n) is 2.52. The Bertz CT molecular complexity index is 900. The number of amides is 1. The largest absolute Gasteiger partial charge is 0.486 e. The van der Waals surface area contributed by atoms with Crippen LogP contribution in [0.2, 0.25) is 0 Å². The van der Waals surface area contributed by atoms with Gasteiger partial charge in [-0.15, -0.1) is 11.3 Å². The highest BCUT2D eigenvalue weighted by molar-refractivity contribution is 7.13. The van der Waals surface area contributed by atoms with Gasteiger partial charge in [0.2, 0.25) is 5.91 Å². The Kier molecular flexibility index (Phi) is 4.74. The summed E-state index contributed by atoms with van der Waals surface area (Å²) in [5, 5.41) is 5.42. The molecule has 1 N–H and O–H groups in total. The van der Waals surface area contributed by atoms with E-state index in [0.29, 0.717) is 35.4 Å². The topological polar surface area (TPSA) is 86.2 Å². The predicted octanol–water partition coefficient (Wildman–Crippen LogP) is 2.10. The zero-order chi connectivity index (χ0) is 17.8. The molecular weight excluding hydrogens is 352 g/mol. The highest BCUT2D eigenvalue weighted by Crippen LogP contribution is 2.30. The number of thiazole rings is 1. The van der Waals surface area contributed by atoms with Gasteiger partial charge in [-0.1, -0.05) is 12.1 Å². The Balaban J connectivity index is 1.29. The molecule has 0 fully saturated rings. The van der Waals surface area contributed by atoms with E-state index in [9.17, 15) is 4.79 Å². The lowest BCUT2D eigenvalue weighted by Crippen LogP contribution is -2.41. The number of carbonyl (C=O) groups excluding carboxylic acids is 1. The summed E-state index contributed by atoms with van der Waals surface area (Å²) in [6.45, 7) is 0.787. The molecule has 3 aromatic rings. The minimum Gasteiger partial charge on any atom is -0.486 e. The van der Waals surface area contributed by atoms with Gasteiger partial charge in [0.05, 0.1) is 18.7 Å². The fourth-order valence-corrected chi connectivity index (χ4v) is 3.28. The normalized spacial score (nSPS) is 15.5. The smallest absolute Gasteiger partial charge is 0.226 e. The molecule has 1 aliphatic rings. The Hall–Kier alpha value is -3.00. The summed E-state index contributed by atoms with van der Waals surface area (Å²) in [6.07, 6.45) is 3.33. The summed E-state index contributed by atoms with van der Waals surface area (Å²) in [5.41, 5.74) is 0.695. The van der Waals surface area contributed by atoms with E-state index < -0.39 is 0 Å². The fraction of sp³-hybridized carbons (Fsp3) is 0.222. The van der Waals surface area contributed by atoms with E-state index in [1.807, 2.05) is 29.6 Å². The average Bonchev–Trinajstić information content (AvgIpc) is 3.15. The molecule has 1 aliphatic heterocycles. The summed E-state index contributed by atoms with van der Waals surface area (Å²) < 4.78 is 11.5. The third-order valence-corrected chi connectivity index (χ3v) is 4.63. The van der Waals surface area contributed by atoms with Crippen LogP contribution in [0.5, 0.6) is 11.5 Å². The summed E-state index contributed by atoms with van der Waals surface area (Å²) >= 11 is 1.42. The Morgan fingerprint density at radius 3 is 2.85 bits per heavy atom. The highest BCUT2D eigenvalue weighted by atomic mass is 32.1. The van der Waals surface area contributed by atoms with Crippen LogP contribution in [0.1, 0.15) is 5.69 Å². The molecule has 0 aliphatic carbocycles. The molecule has 7 nitrogen and oxygen atoms in total. The van der Waals surface area contributed by atoms with Gasteiger partial charge in [-0.3, -0.25) is 4.79 Å². The number of carbonyl (C=O) groups is 1. The first kappa shape index (κ1) is 16.5. The SMILES string of the molecule is O=C(Cc1csc(-c2ncccn2)n1)NC[C@@H]1COc2ccccc2O1. The first-order chi connectivity index (χ1) is 12.8. The van der Waals surface area contributed by atoms with Gasteiger partial charge in [-0.05, 0) is 18.2 Å². The molecule has 4 rings (SSSR count). The van der Waals surface area contributed by atoms with Gasteiger partial charge in [0.15, 0.2) is 22.3 Å². The molecule has 0 saturated carbocycles. The van der Waals surface area contributed by atoms with Gasteiger partial charge in [0.1, 0.15) is 12.7 Å². The zero-order valence-electron chi connectivity index (χ0n) is 13.8. The third kappa shape index (κ3) is 3.80. The van der Waals surface area contributed by atoms with Crippen molar-refractivity contribution in [2.45, 2.75) is 12.5 Å². The summed E-state index contributed by atoms with van der Waals surface area (Å²) in [4.78, 5) is 24.9. The number of hydrogen-bond acceptors (Lipinski definition) is 7. The van der Waals surface area contributed by atoms with E-state index in [2.05, 4.69) is 20.3 Å². The number of nitrogens with one attached hydrogen (secondary N) is 1. The van der Waals surface area contributed by atoms with Crippen molar-refractivity contribution in [1.82, 2.24) is 20.3 Å². The van der Waals surface area contributed by atoms with Crippen LogP contribution in [-0.4, -0.2) is 40.1 Å². The van der Waals surface area contributed by atoms with Crippen LogP contribution in [0.4, 0.5) is 0 Å². The minimum absolute atomic E-state index is 0.113. The van der Waals surface area contributed by atoms with Crippen LogP contribution in [0.15, 0.2) is 48.1 Å². The van der Waals surface area contributed by atoms with Crippen LogP contribution >= 0.6 is 11.3 Å². The lowest BCUT2D eigenvalue weighted by atomic mass is 10.2. The number of para-hydroxylation sites is 2. The average molecular weight is 368 g/mol. The van der Waals surface area contributed by atoms with Crippen molar-refractivity contribution < 1.29 is 14.3 Å². The van der Waals surface area contributed by atoms with Gasteiger partial charge < -0.3 is 14.8 Å². The number of fused-ring (bicyclic) bond motifs is 1. The van der Waals surface area contributed by atoms with Crippen molar-refractivity contribution >= 4 is 17.2 Å². The first-order valence-corrected chi connectivity index (χ1v) is 9.03. The second-order valence-electron chi connectivity index (χ2n) is 5.69. The molecule has 0 bridgehead atoms. The van der Waals surface area contributed by atoms with Crippen LogP contribution in [-0.2, 0) is 11.2 Å². The van der Waals surface area contributed by atoms with Gasteiger partial charge >= 0.3 is 0 Å². The first-order valence-electron chi connectivity index (χ1n) is 8.15. The van der Waals surface area contributed by atoms with Crippen LogP contribution in [0, 0.1) is 0 Å². The molecule has 3 heterocycles. The molecule has 0 spiro atoms. The minimum atomic E-state index is -0.211. The summed E-state index contributed by atoms with van der Waals surface area (Å²) in [7, 11) is 0. The standard InChI is InChI=1S/C18H16N4O3S/c23-16(8-12-11-26-18(22-12)17-19-6-3-7-20-17)21-9-13-10-24-14-4-1-2-5-15(14)25-13/h1-7,11,13H,8-10H2,(H,21,23)/t13-/m1/s1. The van der Waals surface area contributed by atoms with Gasteiger partial charge in [-0.25, -0.2) is 15.0 Å². The maximum atomic E-state index is 12.2. The molecule has 132 valence electrons. The van der Waals surface area contributed by atoms with E-state index in [0.717, 1.165) is 5.75 Å². The number of nitrogens with zero attached hydrogens (tertiary/aromatic N) is 3. The van der Waals surface area contributed by atoms with Crippen molar-refractivity contribution in [2.75, 3.05) is 13.2 Å². The van der Waals surface area contributed by atoms with Crippen LogP contribution in [0.3, 0.4) is 0 Å². The quantitative estimate of drug-likeness (QED) is 0.742. The maximum absolute atomic E-state index is 12.2. The molecule has 8 heteroatoms. The maximum Gasteiger partial charge on any atom is 0.226 e. The van der Waals surface area contributed by atoms with Crippen molar-refractivity contribution in [3.8, 4) is 22.3 Å². The van der Waals surface area contributed by atoms with Crippen molar-refractivity contribution in [2.24, 2.45) is 0 Å². The molecule has 1 amide bonds. The van der Waals surface area contributed by atoms with E-state index in [4.69, 9.17) is 9.47 Å². The number of ether oxygens (including phenoxy) is 2. The molecule has 0 unspecified atom stereocenters. The molecule has 0 saturated heterocycles. The Morgan fingerprint density at radius 2 is 2.00 bits per heavy atom. The monoisotopic (exact) mass is 368 g/mol. The second-order valence-corrected chi connectivity index (χ2v) is 6.55. The van der Waals surface area contributed by atoms with Crippen LogP contribution in [0.25, 0.3) is 10.8 Å². The summed E-state index contributed by atoms with van der Waals surface area (Å²) in [5.74, 6) is 1.88. The van der Waals surface area contributed by atoms with Crippen molar-refractivity contribution in [1.29, 1.82) is 0 Å². The predicted molar refractivity (Wildman–Crippen MR) is 96.2 cm³/mol. The number of hydrogen-bond donors (Lipinski definition) is 1. The van der Waals surface area contributed by atoms with E-state index in [1.54, 1.807) is 18.5 Å². The number of rotatable bonds is 5. The summed E-state index contributed by atoms with van der Waals surface area (Å²) in [6, 6.07) is 9.25. The lowest BCUT2D eigenvalue weighted by molar-refractivity contribution is -0.121. The van der Waals surface area contributed by atoms with E-state index >= 15 is 0 Å². The van der Waals surface area contributed by atoms with E-state index in [1.165, 1.54) is 11.3 Å². The number of benzene rings is 1.